The molecule has 114 valence electrons. The van der Waals surface area contributed by atoms with Crippen LogP contribution in [0.15, 0.2) is 27.6 Å². The molecular formula is C14H23BrN2O2S. The summed E-state index contributed by atoms with van der Waals surface area (Å²) in [5, 5.41) is 3.31. The van der Waals surface area contributed by atoms with Gasteiger partial charge in [-0.05, 0) is 33.6 Å². The largest absolute Gasteiger partial charge is 0.310 e. The second-order valence-corrected chi connectivity index (χ2v) is 7.65. The molecule has 0 aliphatic carbocycles. The molecule has 0 fully saturated rings. The zero-order valence-corrected chi connectivity index (χ0v) is 14.9. The lowest BCUT2D eigenvalue weighted by Crippen LogP contribution is -2.31. The highest BCUT2D eigenvalue weighted by Crippen LogP contribution is 2.26. The van der Waals surface area contributed by atoms with E-state index in [4.69, 9.17) is 0 Å². The Balaban J connectivity index is 3.04. The standard InChI is InChI=1S/C14H23BrN2O2S/c1-5-17(6-2)20(18,19)14-8-7-12(9-13(14)15)10-16-11(3)4/h7-9,11,16H,5-6,10H2,1-4H3. The summed E-state index contributed by atoms with van der Waals surface area (Å²) >= 11 is 3.38. The van der Waals surface area contributed by atoms with Crippen molar-refractivity contribution >= 4 is 26.0 Å². The van der Waals surface area contributed by atoms with Crippen molar-refractivity contribution in [2.24, 2.45) is 0 Å². The maximum Gasteiger partial charge on any atom is 0.244 e. The summed E-state index contributed by atoms with van der Waals surface area (Å²) < 4.78 is 27.0. The van der Waals surface area contributed by atoms with Gasteiger partial charge in [-0.1, -0.05) is 33.8 Å². The summed E-state index contributed by atoms with van der Waals surface area (Å²) in [6.07, 6.45) is 0. The summed E-state index contributed by atoms with van der Waals surface area (Å²) in [5.41, 5.74) is 1.06. The lowest BCUT2D eigenvalue weighted by molar-refractivity contribution is 0.445. The number of nitrogens with zero attached hydrogens (tertiary/aromatic N) is 1. The van der Waals surface area contributed by atoms with Crippen LogP contribution >= 0.6 is 15.9 Å². The van der Waals surface area contributed by atoms with Crippen LogP contribution in [-0.2, 0) is 16.6 Å². The van der Waals surface area contributed by atoms with E-state index in [0.29, 0.717) is 28.5 Å². The molecule has 0 unspecified atom stereocenters. The first-order chi connectivity index (χ1) is 9.32. The molecule has 0 aliphatic rings. The van der Waals surface area contributed by atoms with Crippen LogP contribution in [0.3, 0.4) is 0 Å². The van der Waals surface area contributed by atoms with E-state index in [-0.39, 0.29) is 0 Å². The van der Waals surface area contributed by atoms with Crippen molar-refractivity contribution in [3.8, 4) is 0 Å². The molecule has 0 radical (unpaired) electrons. The third-order valence-corrected chi connectivity index (χ3v) is 6.06. The Kier molecular flexibility index (Phi) is 6.64. The van der Waals surface area contributed by atoms with Crippen LogP contribution in [0.4, 0.5) is 0 Å². The topological polar surface area (TPSA) is 49.4 Å². The first kappa shape index (κ1) is 17.6. The highest BCUT2D eigenvalue weighted by Gasteiger charge is 2.23. The van der Waals surface area contributed by atoms with Gasteiger partial charge < -0.3 is 5.32 Å². The van der Waals surface area contributed by atoms with Gasteiger partial charge in [0.25, 0.3) is 0 Å². The number of sulfonamides is 1. The Morgan fingerprint density at radius 2 is 1.85 bits per heavy atom. The van der Waals surface area contributed by atoms with Gasteiger partial charge in [-0.3, -0.25) is 0 Å². The van der Waals surface area contributed by atoms with Crippen LogP contribution in [0.1, 0.15) is 33.3 Å². The van der Waals surface area contributed by atoms with Crippen LogP contribution in [0, 0.1) is 0 Å². The van der Waals surface area contributed by atoms with Gasteiger partial charge in [0, 0.05) is 30.1 Å². The first-order valence-electron chi connectivity index (χ1n) is 6.84. The number of halogens is 1. The summed E-state index contributed by atoms with van der Waals surface area (Å²) in [7, 11) is -3.41. The molecule has 0 aliphatic heterocycles. The molecule has 0 heterocycles. The highest BCUT2D eigenvalue weighted by molar-refractivity contribution is 9.10. The Bertz CT molecular complexity index is 540. The SMILES string of the molecule is CCN(CC)S(=O)(=O)c1ccc(CNC(C)C)cc1Br. The van der Waals surface area contributed by atoms with Gasteiger partial charge in [-0.25, -0.2) is 8.42 Å². The van der Waals surface area contributed by atoms with E-state index in [0.717, 1.165) is 12.1 Å². The van der Waals surface area contributed by atoms with E-state index in [1.165, 1.54) is 4.31 Å². The monoisotopic (exact) mass is 362 g/mol. The molecule has 0 saturated heterocycles. The second kappa shape index (κ2) is 7.54. The van der Waals surface area contributed by atoms with Crippen molar-refractivity contribution in [3.05, 3.63) is 28.2 Å². The van der Waals surface area contributed by atoms with E-state index in [1.807, 2.05) is 26.0 Å². The molecule has 1 rings (SSSR count). The minimum absolute atomic E-state index is 0.328. The molecule has 1 aromatic carbocycles. The minimum atomic E-state index is -3.41. The summed E-state index contributed by atoms with van der Waals surface area (Å²) in [6.45, 7) is 9.51. The van der Waals surface area contributed by atoms with Gasteiger partial charge in [0.2, 0.25) is 10.0 Å². The minimum Gasteiger partial charge on any atom is -0.310 e. The predicted octanol–water partition coefficient (Wildman–Crippen LogP) is 2.98. The maximum absolute atomic E-state index is 12.5. The lowest BCUT2D eigenvalue weighted by Gasteiger charge is -2.19. The Morgan fingerprint density at radius 3 is 2.30 bits per heavy atom. The second-order valence-electron chi connectivity index (χ2n) is 4.89. The number of rotatable bonds is 7. The fraction of sp³-hybridized carbons (Fsp3) is 0.571. The van der Waals surface area contributed by atoms with E-state index in [9.17, 15) is 8.42 Å². The molecule has 0 atom stereocenters. The number of hydrogen-bond acceptors (Lipinski definition) is 3. The van der Waals surface area contributed by atoms with E-state index in [2.05, 4.69) is 35.1 Å². The first-order valence-corrected chi connectivity index (χ1v) is 9.08. The molecule has 0 saturated carbocycles. The fourth-order valence-electron chi connectivity index (χ4n) is 1.89. The normalized spacial score (nSPS) is 12.3. The molecule has 1 aromatic rings. The van der Waals surface area contributed by atoms with Crippen LogP contribution in [0.2, 0.25) is 0 Å². The van der Waals surface area contributed by atoms with Gasteiger partial charge in [-0.2, -0.15) is 4.31 Å². The third-order valence-electron chi connectivity index (χ3n) is 3.03. The van der Waals surface area contributed by atoms with Crippen molar-refractivity contribution < 1.29 is 8.42 Å². The molecule has 0 aromatic heterocycles. The predicted molar refractivity (Wildman–Crippen MR) is 86.2 cm³/mol. The zero-order chi connectivity index (χ0) is 15.3. The van der Waals surface area contributed by atoms with Gasteiger partial charge in [0.05, 0.1) is 4.90 Å². The molecular weight excluding hydrogens is 340 g/mol. The molecule has 20 heavy (non-hydrogen) atoms. The van der Waals surface area contributed by atoms with E-state index >= 15 is 0 Å². The molecule has 1 N–H and O–H groups in total. The van der Waals surface area contributed by atoms with Crippen LogP contribution < -0.4 is 5.32 Å². The third kappa shape index (κ3) is 4.28. The maximum atomic E-state index is 12.5. The quantitative estimate of drug-likeness (QED) is 0.810. The van der Waals surface area contributed by atoms with Crippen LogP contribution in [0.25, 0.3) is 0 Å². The number of nitrogens with one attached hydrogen (secondary N) is 1. The average Bonchev–Trinajstić information content (AvgIpc) is 2.37. The fourth-order valence-corrected chi connectivity index (χ4v) is 4.43. The van der Waals surface area contributed by atoms with Crippen molar-refractivity contribution in [3.63, 3.8) is 0 Å². The summed E-state index contributed by atoms with van der Waals surface area (Å²) in [4.78, 5) is 0.328. The van der Waals surface area contributed by atoms with E-state index < -0.39 is 10.0 Å². The highest BCUT2D eigenvalue weighted by atomic mass is 79.9. The van der Waals surface area contributed by atoms with Crippen LogP contribution in [-0.4, -0.2) is 31.9 Å². The molecule has 0 amide bonds. The Hall–Kier alpha value is -0.430. The van der Waals surface area contributed by atoms with Crippen molar-refractivity contribution in [1.29, 1.82) is 0 Å². The average molecular weight is 363 g/mol. The Labute approximate surface area is 130 Å². The smallest absolute Gasteiger partial charge is 0.244 e. The molecule has 0 spiro atoms. The molecule has 6 heteroatoms. The van der Waals surface area contributed by atoms with Crippen molar-refractivity contribution in [1.82, 2.24) is 9.62 Å². The summed E-state index contributed by atoms with van der Waals surface area (Å²) in [5.74, 6) is 0. The van der Waals surface area contributed by atoms with Crippen LogP contribution in [0.5, 0.6) is 0 Å². The van der Waals surface area contributed by atoms with Crippen molar-refractivity contribution in [2.45, 2.75) is 45.2 Å². The van der Waals surface area contributed by atoms with Crippen molar-refractivity contribution in [2.75, 3.05) is 13.1 Å². The Morgan fingerprint density at radius 1 is 1.25 bits per heavy atom. The van der Waals surface area contributed by atoms with Gasteiger partial charge in [-0.15, -0.1) is 0 Å². The number of hydrogen-bond donors (Lipinski definition) is 1. The number of benzene rings is 1. The van der Waals surface area contributed by atoms with E-state index in [1.54, 1.807) is 6.07 Å². The molecule has 4 nitrogen and oxygen atoms in total. The zero-order valence-electron chi connectivity index (χ0n) is 12.5. The van der Waals surface area contributed by atoms with Gasteiger partial charge in [0.15, 0.2) is 0 Å². The van der Waals surface area contributed by atoms with Gasteiger partial charge in [0.1, 0.15) is 0 Å². The molecule has 0 bridgehead atoms. The lowest BCUT2D eigenvalue weighted by atomic mass is 10.2. The summed E-state index contributed by atoms with van der Waals surface area (Å²) in [6, 6.07) is 5.80. The van der Waals surface area contributed by atoms with Gasteiger partial charge >= 0.3 is 0 Å².